The predicted octanol–water partition coefficient (Wildman–Crippen LogP) is 3.82. The summed E-state index contributed by atoms with van der Waals surface area (Å²) in [7, 11) is 3.97. The Morgan fingerprint density at radius 2 is 1.93 bits per heavy atom. The molecule has 27 heavy (non-hydrogen) atoms. The van der Waals surface area contributed by atoms with Gasteiger partial charge in [0, 0.05) is 31.3 Å². The van der Waals surface area contributed by atoms with Crippen LogP contribution >= 0.6 is 0 Å². The van der Waals surface area contributed by atoms with Crippen LogP contribution in [0.15, 0.2) is 48.5 Å². The smallest absolute Gasteiger partial charge is 0.253 e. The predicted molar refractivity (Wildman–Crippen MR) is 104 cm³/mol. The number of likely N-dealkylation sites (tertiary alicyclic amines) is 1. The lowest BCUT2D eigenvalue weighted by Gasteiger charge is -2.30. The van der Waals surface area contributed by atoms with Crippen molar-refractivity contribution in [2.45, 2.75) is 20.0 Å². The molecule has 0 radical (unpaired) electrons. The maximum absolute atomic E-state index is 13.6. The van der Waals surface area contributed by atoms with Crippen LogP contribution in [-0.4, -0.2) is 49.4 Å². The Bertz CT molecular complexity index is 793. The maximum atomic E-state index is 13.6. The second kappa shape index (κ2) is 8.09. The van der Waals surface area contributed by atoms with E-state index in [1.54, 1.807) is 47.4 Å². The van der Waals surface area contributed by atoms with E-state index in [4.69, 9.17) is 4.74 Å². The van der Waals surface area contributed by atoms with Gasteiger partial charge in [0.25, 0.3) is 5.91 Å². The first kappa shape index (κ1) is 19.4. The lowest BCUT2D eigenvalue weighted by molar-refractivity contribution is 0.0730. The number of carbonyl (C=O) groups excluding carboxylic acids is 1. The van der Waals surface area contributed by atoms with Crippen LogP contribution in [0.25, 0.3) is 0 Å². The summed E-state index contributed by atoms with van der Waals surface area (Å²) in [5.41, 5.74) is 1.28. The van der Waals surface area contributed by atoms with Gasteiger partial charge in [0.2, 0.25) is 0 Å². The van der Waals surface area contributed by atoms with E-state index >= 15 is 0 Å². The molecule has 2 aromatic carbocycles. The molecule has 1 saturated heterocycles. The van der Waals surface area contributed by atoms with Crippen LogP contribution in [0.5, 0.6) is 5.75 Å². The van der Waals surface area contributed by atoms with Gasteiger partial charge < -0.3 is 14.5 Å². The maximum Gasteiger partial charge on any atom is 0.253 e. The van der Waals surface area contributed by atoms with Crippen LogP contribution in [0.3, 0.4) is 0 Å². The quantitative estimate of drug-likeness (QED) is 0.775. The van der Waals surface area contributed by atoms with Gasteiger partial charge in [-0.2, -0.15) is 0 Å². The lowest BCUT2D eigenvalue weighted by Crippen LogP contribution is -2.38. The van der Waals surface area contributed by atoms with E-state index < -0.39 is 0 Å². The van der Waals surface area contributed by atoms with Crippen molar-refractivity contribution in [1.29, 1.82) is 0 Å². The number of rotatable bonds is 6. The zero-order valence-corrected chi connectivity index (χ0v) is 16.2. The number of amides is 1. The van der Waals surface area contributed by atoms with Crippen molar-refractivity contribution in [3.63, 3.8) is 0 Å². The third-order valence-corrected chi connectivity index (χ3v) is 5.17. The van der Waals surface area contributed by atoms with Crippen molar-refractivity contribution in [1.82, 2.24) is 9.80 Å². The summed E-state index contributed by atoms with van der Waals surface area (Å²) in [4.78, 5) is 16.8. The molecule has 1 aliphatic rings. The molecule has 0 spiro atoms. The van der Waals surface area contributed by atoms with Crippen LogP contribution < -0.4 is 4.74 Å². The monoisotopic (exact) mass is 370 g/mol. The van der Waals surface area contributed by atoms with E-state index in [9.17, 15) is 9.18 Å². The molecular formula is C22H27FN2O2. The number of halogens is 1. The fraction of sp³-hybridized carbons (Fsp3) is 0.409. The Morgan fingerprint density at radius 3 is 2.56 bits per heavy atom. The molecular weight excluding hydrogens is 343 g/mol. The number of hydrogen-bond donors (Lipinski definition) is 0. The Labute approximate surface area is 160 Å². The van der Waals surface area contributed by atoms with Crippen LogP contribution in [0.1, 0.15) is 29.3 Å². The van der Waals surface area contributed by atoms with E-state index in [0.29, 0.717) is 16.9 Å². The standard InChI is InChI=1S/C22H27FN2O2/c1-22(12-13-24(2)15-22)16-25(3)21(26)17-8-10-19(11-9-17)27-14-18-6-4-5-7-20(18)23/h4-11H,12-16H2,1-3H3. The number of benzene rings is 2. The number of ether oxygens (including phenoxy) is 1. The molecule has 1 amide bonds. The Balaban J connectivity index is 1.57. The first-order valence-electron chi connectivity index (χ1n) is 9.27. The number of hydrogen-bond acceptors (Lipinski definition) is 3. The minimum atomic E-state index is -0.281. The summed E-state index contributed by atoms with van der Waals surface area (Å²) in [6, 6.07) is 13.6. The molecule has 1 heterocycles. The highest BCUT2D eigenvalue weighted by Crippen LogP contribution is 2.30. The van der Waals surface area contributed by atoms with Gasteiger partial charge in [0.1, 0.15) is 18.2 Å². The van der Waals surface area contributed by atoms with E-state index in [-0.39, 0.29) is 23.7 Å². The average molecular weight is 370 g/mol. The van der Waals surface area contributed by atoms with E-state index in [1.807, 2.05) is 7.05 Å². The molecule has 0 N–H and O–H groups in total. The molecule has 0 aromatic heterocycles. The van der Waals surface area contributed by atoms with E-state index in [0.717, 1.165) is 26.1 Å². The topological polar surface area (TPSA) is 32.8 Å². The van der Waals surface area contributed by atoms with Crippen LogP contribution in [0.4, 0.5) is 4.39 Å². The molecule has 3 rings (SSSR count). The first-order valence-corrected chi connectivity index (χ1v) is 9.27. The fourth-order valence-electron chi connectivity index (χ4n) is 3.73. The largest absolute Gasteiger partial charge is 0.489 e. The highest BCUT2D eigenvalue weighted by Gasteiger charge is 2.34. The molecule has 1 unspecified atom stereocenters. The van der Waals surface area contributed by atoms with Crippen molar-refractivity contribution in [2.24, 2.45) is 5.41 Å². The molecule has 1 aliphatic heterocycles. The molecule has 2 aromatic rings. The van der Waals surface area contributed by atoms with Gasteiger partial charge in [-0.05, 0) is 55.8 Å². The molecule has 0 saturated carbocycles. The van der Waals surface area contributed by atoms with Gasteiger partial charge >= 0.3 is 0 Å². The summed E-state index contributed by atoms with van der Waals surface area (Å²) in [5, 5.41) is 0. The third kappa shape index (κ3) is 4.86. The normalized spacial score (nSPS) is 19.9. The van der Waals surface area contributed by atoms with Gasteiger partial charge in [-0.1, -0.05) is 25.1 Å². The van der Waals surface area contributed by atoms with Crippen molar-refractivity contribution >= 4 is 5.91 Å². The highest BCUT2D eigenvalue weighted by atomic mass is 19.1. The highest BCUT2D eigenvalue weighted by molar-refractivity contribution is 5.94. The molecule has 1 atom stereocenters. The summed E-state index contributed by atoms with van der Waals surface area (Å²) in [5.74, 6) is 0.338. The zero-order chi connectivity index (χ0) is 19.4. The SMILES string of the molecule is CN1CCC(C)(CN(C)C(=O)c2ccc(OCc3ccccc3F)cc2)C1. The molecule has 0 aliphatic carbocycles. The molecule has 144 valence electrons. The molecule has 0 bridgehead atoms. The first-order chi connectivity index (χ1) is 12.9. The van der Waals surface area contributed by atoms with E-state index in [2.05, 4.69) is 18.9 Å². The van der Waals surface area contributed by atoms with Crippen molar-refractivity contribution < 1.29 is 13.9 Å². The number of nitrogens with zero attached hydrogens (tertiary/aromatic N) is 2. The van der Waals surface area contributed by atoms with Crippen molar-refractivity contribution in [3.8, 4) is 5.75 Å². The Hall–Kier alpha value is -2.40. The molecule has 5 heteroatoms. The summed E-state index contributed by atoms with van der Waals surface area (Å²) in [6.45, 7) is 5.22. The Kier molecular flexibility index (Phi) is 5.80. The summed E-state index contributed by atoms with van der Waals surface area (Å²) in [6.07, 6.45) is 1.10. The van der Waals surface area contributed by atoms with Crippen LogP contribution in [0, 0.1) is 11.2 Å². The Morgan fingerprint density at radius 1 is 1.22 bits per heavy atom. The third-order valence-electron chi connectivity index (χ3n) is 5.17. The van der Waals surface area contributed by atoms with Crippen molar-refractivity contribution in [2.75, 3.05) is 33.7 Å². The van der Waals surface area contributed by atoms with Crippen LogP contribution in [0.2, 0.25) is 0 Å². The summed E-state index contributed by atoms with van der Waals surface area (Å²) < 4.78 is 19.3. The molecule has 4 nitrogen and oxygen atoms in total. The minimum absolute atomic E-state index is 0.00596. The second-order valence-electron chi connectivity index (χ2n) is 7.86. The van der Waals surface area contributed by atoms with E-state index in [1.165, 1.54) is 6.07 Å². The minimum Gasteiger partial charge on any atom is -0.489 e. The average Bonchev–Trinajstić information content (AvgIpc) is 2.99. The van der Waals surface area contributed by atoms with Gasteiger partial charge in [-0.15, -0.1) is 0 Å². The second-order valence-corrected chi connectivity index (χ2v) is 7.86. The lowest BCUT2D eigenvalue weighted by atomic mass is 9.89. The van der Waals surface area contributed by atoms with Crippen molar-refractivity contribution in [3.05, 3.63) is 65.5 Å². The number of carbonyl (C=O) groups is 1. The van der Waals surface area contributed by atoms with Gasteiger partial charge in [0.15, 0.2) is 0 Å². The van der Waals surface area contributed by atoms with Crippen LogP contribution in [-0.2, 0) is 6.61 Å². The summed E-state index contributed by atoms with van der Waals surface area (Å²) >= 11 is 0. The zero-order valence-electron chi connectivity index (χ0n) is 16.2. The molecule has 1 fully saturated rings. The van der Waals surface area contributed by atoms with Gasteiger partial charge in [0.05, 0.1) is 0 Å². The fourth-order valence-corrected chi connectivity index (χ4v) is 3.73. The van der Waals surface area contributed by atoms with Gasteiger partial charge in [-0.25, -0.2) is 4.39 Å². The van der Waals surface area contributed by atoms with Gasteiger partial charge in [-0.3, -0.25) is 4.79 Å².